The number of pyridine rings is 1. The van der Waals surface area contributed by atoms with E-state index in [-0.39, 0.29) is 0 Å². The topological polar surface area (TPSA) is 24.9 Å². The third-order valence-electron chi connectivity index (χ3n) is 3.65. The van der Waals surface area contributed by atoms with E-state index in [1.54, 1.807) is 0 Å². The fourth-order valence-electron chi connectivity index (χ4n) is 2.47. The second kappa shape index (κ2) is 5.76. The summed E-state index contributed by atoms with van der Waals surface area (Å²) in [5.74, 6) is 1.81. The monoisotopic (exact) mass is 270 g/mol. The minimum atomic E-state index is 0.353. The molecule has 3 rings (SSSR count). The molecule has 3 heteroatoms. The molecule has 0 amide bonds. The lowest BCUT2D eigenvalue weighted by atomic mass is 10.0. The first-order valence-electron chi connectivity index (χ1n) is 6.69. The molecule has 0 aliphatic carbocycles. The first-order chi connectivity index (χ1) is 9.34. The number of fused-ring (bicyclic) bond motifs is 1. The number of nitrogens with zero attached hydrogens (tertiary/aromatic N) is 1. The van der Waals surface area contributed by atoms with Crippen LogP contribution < -0.4 is 5.32 Å². The van der Waals surface area contributed by atoms with E-state index in [4.69, 9.17) is 0 Å². The van der Waals surface area contributed by atoms with E-state index in [1.165, 1.54) is 21.8 Å². The van der Waals surface area contributed by atoms with Gasteiger partial charge in [-0.2, -0.15) is 0 Å². The van der Waals surface area contributed by atoms with E-state index in [1.807, 2.05) is 30.2 Å². The summed E-state index contributed by atoms with van der Waals surface area (Å²) in [6.45, 7) is 3.23. The minimum absolute atomic E-state index is 0.353. The van der Waals surface area contributed by atoms with Crippen LogP contribution in [0, 0.1) is 0 Å². The van der Waals surface area contributed by atoms with Gasteiger partial charge in [0.1, 0.15) is 0 Å². The Morgan fingerprint density at radius 1 is 1.32 bits per heavy atom. The molecule has 19 heavy (non-hydrogen) atoms. The highest BCUT2D eigenvalue weighted by atomic mass is 32.2. The lowest BCUT2D eigenvalue weighted by Crippen LogP contribution is -2.24. The van der Waals surface area contributed by atoms with Crippen LogP contribution in [0.15, 0.2) is 53.7 Å². The molecule has 1 aromatic carbocycles. The molecule has 1 aliphatic rings. The average molecular weight is 270 g/mol. The van der Waals surface area contributed by atoms with Gasteiger partial charge in [0.05, 0.1) is 0 Å². The first-order valence-corrected chi connectivity index (χ1v) is 7.68. The van der Waals surface area contributed by atoms with Crippen molar-refractivity contribution < 1.29 is 0 Å². The molecule has 2 atom stereocenters. The zero-order chi connectivity index (χ0) is 13.1. The van der Waals surface area contributed by atoms with Crippen LogP contribution >= 0.6 is 11.8 Å². The van der Waals surface area contributed by atoms with Crippen LogP contribution in [-0.2, 0) is 0 Å². The summed E-state index contributed by atoms with van der Waals surface area (Å²) < 4.78 is 0. The Labute approximate surface area is 118 Å². The molecule has 2 aromatic rings. The van der Waals surface area contributed by atoms with Crippen molar-refractivity contribution in [2.75, 3.05) is 12.3 Å². The van der Waals surface area contributed by atoms with Crippen LogP contribution in [0.25, 0.3) is 0 Å². The molecule has 1 unspecified atom stereocenters. The highest BCUT2D eigenvalue weighted by Crippen LogP contribution is 2.38. The number of benzene rings is 1. The normalized spacial score (nSPS) is 19.1. The maximum atomic E-state index is 4.18. The lowest BCUT2D eigenvalue weighted by Gasteiger charge is -2.17. The molecule has 2 heterocycles. The summed E-state index contributed by atoms with van der Waals surface area (Å²) in [5, 5.41) is 3.63. The number of aromatic nitrogens is 1. The summed E-state index contributed by atoms with van der Waals surface area (Å²) in [6, 6.07) is 13.2. The smallest absolute Gasteiger partial charge is 0.0315 e. The Morgan fingerprint density at radius 3 is 3.05 bits per heavy atom. The Balaban J connectivity index is 1.62. The van der Waals surface area contributed by atoms with E-state index in [2.05, 4.69) is 47.6 Å². The first kappa shape index (κ1) is 12.7. The van der Waals surface area contributed by atoms with E-state index >= 15 is 0 Å². The van der Waals surface area contributed by atoms with Crippen molar-refractivity contribution in [3.05, 3.63) is 59.9 Å². The van der Waals surface area contributed by atoms with Gasteiger partial charge in [0.2, 0.25) is 0 Å². The van der Waals surface area contributed by atoms with Crippen LogP contribution in [0.2, 0.25) is 0 Å². The predicted molar refractivity (Wildman–Crippen MR) is 80.6 cm³/mol. The van der Waals surface area contributed by atoms with Crippen molar-refractivity contribution in [1.82, 2.24) is 10.3 Å². The molecule has 1 aromatic heterocycles. The van der Waals surface area contributed by atoms with Crippen molar-refractivity contribution in [1.29, 1.82) is 0 Å². The number of hydrogen-bond acceptors (Lipinski definition) is 3. The third-order valence-corrected chi connectivity index (χ3v) is 4.91. The van der Waals surface area contributed by atoms with Crippen LogP contribution in [0.1, 0.15) is 30.0 Å². The van der Waals surface area contributed by atoms with Gasteiger partial charge in [0.25, 0.3) is 0 Å². The molecule has 0 radical (unpaired) electrons. The van der Waals surface area contributed by atoms with Crippen LogP contribution in [0.4, 0.5) is 0 Å². The quantitative estimate of drug-likeness (QED) is 0.918. The Kier molecular flexibility index (Phi) is 3.85. The Morgan fingerprint density at radius 2 is 2.21 bits per heavy atom. The second-order valence-electron chi connectivity index (χ2n) is 4.96. The van der Waals surface area contributed by atoms with Gasteiger partial charge >= 0.3 is 0 Å². The number of hydrogen-bond donors (Lipinski definition) is 1. The van der Waals surface area contributed by atoms with E-state index < -0.39 is 0 Å². The van der Waals surface area contributed by atoms with Gasteiger partial charge in [-0.25, -0.2) is 0 Å². The van der Waals surface area contributed by atoms with Gasteiger partial charge in [-0.3, -0.25) is 4.98 Å². The van der Waals surface area contributed by atoms with E-state index in [0.29, 0.717) is 12.0 Å². The molecule has 98 valence electrons. The molecule has 0 saturated heterocycles. The maximum Gasteiger partial charge on any atom is 0.0315 e. The van der Waals surface area contributed by atoms with Gasteiger partial charge in [-0.05, 0) is 30.2 Å². The second-order valence-corrected chi connectivity index (χ2v) is 6.02. The summed E-state index contributed by atoms with van der Waals surface area (Å²) in [7, 11) is 0. The van der Waals surface area contributed by atoms with Gasteiger partial charge in [0.15, 0.2) is 0 Å². The maximum absolute atomic E-state index is 4.18. The summed E-state index contributed by atoms with van der Waals surface area (Å²) in [6.07, 6.45) is 3.76. The van der Waals surface area contributed by atoms with Gasteiger partial charge < -0.3 is 5.32 Å². The van der Waals surface area contributed by atoms with Gasteiger partial charge in [-0.15, -0.1) is 11.8 Å². The van der Waals surface area contributed by atoms with Gasteiger partial charge in [-0.1, -0.05) is 24.3 Å². The van der Waals surface area contributed by atoms with Crippen molar-refractivity contribution in [2.45, 2.75) is 23.8 Å². The molecule has 1 N–H and O–H groups in total. The zero-order valence-electron chi connectivity index (χ0n) is 11.0. The fraction of sp³-hybridized carbons (Fsp3) is 0.312. The molecule has 0 spiro atoms. The highest BCUT2D eigenvalue weighted by molar-refractivity contribution is 7.99. The van der Waals surface area contributed by atoms with Crippen LogP contribution in [-0.4, -0.2) is 17.3 Å². The van der Waals surface area contributed by atoms with Crippen molar-refractivity contribution >= 4 is 11.8 Å². The van der Waals surface area contributed by atoms with E-state index in [0.717, 1.165) is 6.54 Å². The summed E-state index contributed by atoms with van der Waals surface area (Å²) >= 11 is 1.97. The van der Waals surface area contributed by atoms with Crippen molar-refractivity contribution in [3.63, 3.8) is 0 Å². The van der Waals surface area contributed by atoms with Crippen LogP contribution in [0.3, 0.4) is 0 Å². The number of rotatable bonds is 4. The predicted octanol–water partition coefficient (Wildman–Crippen LogP) is 3.62. The Bertz CT molecular complexity index is 541. The molecule has 0 saturated carbocycles. The molecular weight excluding hydrogens is 252 g/mol. The molecular formula is C16H18N2S. The van der Waals surface area contributed by atoms with Crippen molar-refractivity contribution in [3.8, 4) is 0 Å². The largest absolute Gasteiger partial charge is 0.310 e. The number of thioether (sulfide) groups is 1. The molecule has 1 aliphatic heterocycles. The number of nitrogens with one attached hydrogen (secondary N) is 1. The third kappa shape index (κ3) is 2.82. The standard InChI is InChI=1S/C16H18N2S/c1-12(13-5-4-8-17-9-13)18-10-14-11-19-16-7-3-2-6-15(14)16/h2-9,12,14,18H,10-11H2,1H3/t12-,14?/m1/s1. The lowest BCUT2D eigenvalue weighted by molar-refractivity contribution is 0.540. The average Bonchev–Trinajstić information content (AvgIpc) is 2.89. The Hall–Kier alpha value is -1.32. The van der Waals surface area contributed by atoms with Crippen LogP contribution in [0.5, 0.6) is 0 Å². The zero-order valence-corrected chi connectivity index (χ0v) is 11.9. The highest BCUT2D eigenvalue weighted by Gasteiger charge is 2.22. The minimum Gasteiger partial charge on any atom is -0.310 e. The summed E-state index contributed by atoms with van der Waals surface area (Å²) in [5.41, 5.74) is 2.75. The van der Waals surface area contributed by atoms with Crippen molar-refractivity contribution in [2.24, 2.45) is 0 Å². The molecule has 0 fully saturated rings. The molecule has 0 bridgehead atoms. The summed E-state index contributed by atoms with van der Waals surface area (Å²) in [4.78, 5) is 5.62. The SMILES string of the molecule is C[C@@H](NCC1CSc2ccccc21)c1cccnc1. The van der Waals surface area contributed by atoms with Gasteiger partial charge in [0, 0.05) is 41.5 Å². The molecule has 2 nitrogen and oxygen atoms in total. The van der Waals surface area contributed by atoms with E-state index in [9.17, 15) is 0 Å². The fourth-order valence-corrected chi connectivity index (χ4v) is 3.72.